The fourth-order valence-corrected chi connectivity index (χ4v) is 3.52. The van der Waals surface area contributed by atoms with Crippen molar-refractivity contribution in [1.82, 2.24) is 5.32 Å². The van der Waals surface area contributed by atoms with Gasteiger partial charge in [-0.1, -0.05) is 60.7 Å². The van der Waals surface area contributed by atoms with Gasteiger partial charge in [-0.05, 0) is 13.8 Å². The Bertz CT molecular complexity index is 911. The highest BCUT2D eigenvalue weighted by Gasteiger charge is 2.45. The zero-order valence-corrected chi connectivity index (χ0v) is 17.1. The molecular formula is C24H25NO5. The molecule has 0 spiro atoms. The van der Waals surface area contributed by atoms with Crippen LogP contribution in [0.3, 0.4) is 0 Å². The molecule has 1 heterocycles. The number of rotatable bonds is 9. The first-order valence-corrected chi connectivity index (χ1v) is 9.85. The number of esters is 1. The van der Waals surface area contributed by atoms with Crippen LogP contribution in [0, 0.1) is 0 Å². The SMILES string of the molecule is CC(=O)CC(=O)OCCNC1=C(C(C)=O)CC(c2ccccc2)(c2ccccc2)O1. The van der Waals surface area contributed by atoms with Crippen molar-refractivity contribution in [2.45, 2.75) is 32.3 Å². The standard InChI is InChI=1S/C24H25NO5/c1-17(26)15-22(28)29-14-13-25-23-21(18(2)27)16-24(30-23,19-9-5-3-6-10-19)20-11-7-4-8-12-20/h3-12,25H,13-16H2,1-2H3. The topological polar surface area (TPSA) is 81.7 Å². The maximum atomic E-state index is 12.4. The van der Waals surface area contributed by atoms with Crippen LogP contribution in [0.2, 0.25) is 0 Å². The lowest BCUT2D eigenvalue weighted by Crippen LogP contribution is -2.30. The second-order valence-corrected chi connectivity index (χ2v) is 7.23. The van der Waals surface area contributed by atoms with E-state index in [4.69, 9.17) is 9.47 Å². The van der Waals surface area contributed by atoms with Gasteiger partial charge >= 0.3 is 5.97 Å². The number of carbonyl (C=O) groups is 3. The maximum Gasteiger partial charge on any atom is 0.313 e. The van der Waals surface area contributed by atoms with Crippen LogP contribution in [0.1, 0.15) is 37.8 Å². The van der Waals surface area contributed by atoms with Crippen molar-refractivity contribution in [3.8, 4) is 0 Å². The minimum absolute atomic E-state index is 0.0633. The summed E-state index contributed by atoms with van der Waals surface area (Å²) in [5.74, 6) is -0.512. The van der Waals surface area contributed by atoms with Gasteiger partial charge in [0, 0.05) is 17.5 Å². The fourth-order valence-electron chi connectivity index (χ4n) is 3.52. The molecule has 156 valence electrons. The predicted molar refractivity (Wildman–Crippen MR) is 111 cm³/mol. The van der Waals surface area contributed by atoms with E-state index < -0.39 is 11.6 Å². The molecule has 0 radical (unpaired) electrons. The number of ketones is 2. The smallest absolute Gasteiger partial charge is 0.313 e. The lowest BCUT2D eigenvalue weighted by molar-refractivity contribution is -0.145. The third kappa shape index (κ3) is 4.76. The summed E-state index contributed by atoms with van der Waals surface area (Å²) >= 11 is 0. The molecule has 0 amide bonds. The summed E-state index contributed by atoms with van der Waals surface area (Å²) in [4.78, 5) is 34.9. The number of benzene rings is 2. The molecule has 1 N–H and O–H groups in total. The third-order valence-corrected chi connectivity index (χ3v) is 4.93. The first kappa shape index (κ1) is 21.3. The summed E-state index contributed by atoms with van der Waals surface area (Å²) < 4.78 is 11.5. The number of hydrogen-bond donors (Lipinski definition) is 1. The molecular weight excluding hydrogens is 382 g/mol. The molecule has 2 aromatic rings. The number of carbonyl (C=O) groups excluding carboxylic acids is 3. The van der Waals surface area contributed by atoms with Gasteiger partial charge in [-0.15, -0.1) is 0 Å². The van der Waals surface area contributed by atoms with Crippen LogP contribution >= 0.6 is 0 Å². The van der Waals surface area contributed by atoms with Crippen LogP contribution in [0.25, 0.3) is 0 Å². The average molecular weight is 407 g/mol. The van der Waals surface area contributed by atoms with Crippen molar-refractivity contribution in [3.05, 3.63) is 83.2 Å². The van der Waals surface area contributed by atoms with Gasteiger partial charge in [-0.2, -0.15) is 0 Å². The van der Waals surface area contributed by atoms with Crippen molar-refractivity contribution < 1.29 is 23.9 Å². The van der Waals surface area contributed by atoms with E-state index in [-0.39, 0.29) is 31.1 Å². The van der Waals surface area contributed by atoms with Gasteiger partial charge in [0.15, 0.2) is 17.3 Å². The molecule has 6 heteroatoms. The highest BCUT2D eigenvalue weighted by Crippen LogP contribution is 2.46. The molecule has 2 aromatic carbocycles. The van der Waals surface area contributed by atoms with Gasteiger partial charge in [0.1, 0.15) is 18.8 Å². The van der Waals surface area contributed by atoms with Gasteiger partial charge in [0.2, 0.25) is 0 Å². The van der Waals surface area contributed by atoms with Crippen LogP contribution in [0.15, 0.2) is 72.1 Å². The highest BCUT2D eigenvalue weighted by atomic mass is 16.5. The van der Waals surface area contributed by atoms with Gasteiger partial charge in [-0.25, -0.2) is 0 Å². The quantitative estimate of drug-likeness (QED) is 0.390. The maximum absolute atomic E-state index is 12.4. The normalized spacial score (nSPS) is 14.7. The number of Topliss-reactive ketones (excluding diaryl/α,β-unsaturated/α-hetero) is 2. The summed E-state index contributed by atoms with van der Waals surface area (Å²) in [5.41, 5.74) is 1.62. The van der Waals surface area contributed by atoms with Gasteiger partial charge in [0.05, 0.1) is 12.1 Å². The van der Waals surface area contributed by atoms with E-state index in [1.54, 1.807) is 0 Å². The molecule has 1 aliphatic heterocycles. The second-order valence-electron chi connectivity index (χ2n) is 7.23. The van der Waals surface area contributed by atoms with E-state index in [0.29, 0.717) is 17.9 Å². The average Bonchev–Trinajstić information content (AvgIpc) is 3.13. The van der Waals surface area contributed by atoms with Gasteiger partial charge in [-0.3, -0.25) is 14.4 Å². The van der Waals surface area contributed by atoms with Crippen molar-refractivity contribution in [2.24, 2.45) is 0 Å². The molecule has 6 nitrogen and oxygen atoms in total. The third-order valence-electron chi connectivity index (χ3n) is 4.93. The molecule has 0 atom stereocenters. The lowest BCUT2D eigenvalue weighted by Gasteiger charge is -2.31. The van der Waals surface area contributed by atoms with Crippen molar-refractivity contribution in [3.63, 3.8) is 0 Å². The zero-order valence-electron chi connectivity index (χ0n) is 17.1. The molecule has 0 fully saturated rings. The molecule has 0 unspecified atom stereocenters. The van der Waals surface area contributed by atoms with Gasteiger partial charge in [0.25, 0.3) is 0 Å². The molecule has 1 aliphatic rings. The van der Waals surface area contributed by atoms with Gasteiger partial charge < -0.3 is 14.8 Å². The van der Waals surface area contributed by atoms with Crippen molar-refractivity contribution in [1.29, 1.82) is 0 Å². The van der Waals surface area contributed by atoms with E-state index in [9.17, 15) is 14.4 Å². The van der Waals surface area contributed by atoms with E-state index in [0.717, 1.165) is 11.1 Å². The Kier molecular flexibility index (Phi) is 6.67. The molecule has 0 aliphatic carbocycles. The predicted octanol–water partition coefficient (Wildman–Crippen LogP) is 3.26. The molecule has 0 aromatic heterocycles. The molecule has 0 saturated heterocycles. The van der Waals surface area contributed by atoms with Crippen LogP contribution in [-0.4, -0.2) is 30.7 Å². The summed E-state index contributed by atoms with van der Waals surface area (Å²) in [6.45, 7) is 3.17. The van der Waals surface area contributed by atoms with Crippen molar-refractivity contribution in [2.75, 3.05) is 13.2 Å². The summed E-state index contributed by atoms with van der Waals surface area (Å²) in [7, 11) is 0. The fraction of sp³-hybridized carbons (Fsp3) is 0.292. The number of ether oxygens (including phenoxy) is 2. The minimum atomic E-state index is -0.822. The van der Waals surface area contributed by atoms with Crippen LogP contribution in [-0.2, 0) is 29.5 Å². The Morgan fingerprint density at radius 1 is 0.967 bits per heavy atom. The number of hydrogen-bond acceptors (Lipinski definition) is 6. The van der Waals surface area contributed by atoms with E-state index in [1.807, 2.05) is 60.7 Å². The zero-order chi connectivity index (χ0) is 21.6. The Hall–Kier alpha value is -3.41. The second kappa shape index (κ2) is 9.39. The largest absolute Gasteiger partial charge is 0.463 e. The highest BCUT2D eigenvalue weighted by molar-refractivity contribution is 5.95. The van der Waals surface area contributed by atoms with E-state index in [1.165, 1.54) is 13.8 Å². The monoisotopic (exact) mass is 407 g/mol. The molecule has 0 bridgehead atoms. The Morgan fingerprint density at radius 2 is 1.53 bits per heavy atom. The molecule has 3 rings (SSSR count). The van der Waals surface area contributed by atoms with Crippen molar-refractivity contribution >= 4 is 17.5 Å². The summed E-state index contributed by atoms with van der Waals surface area (Å²) in [5, 5.41) is 3.09. The first-order chi connectivity index (χ1) is 14.4. The summed E-state index contributed by atoms with van der Waals surface area (Å²) in [6, 6.07) is 19.6. The Balaban J connectivity index is 1.80. The van der Waals surface area contributed by atoms with Crippen LogP contribution in [0.4, 0.5) is 0 Å². The number of nitrogens with one attached hydrogen (secondary N) is 1. The molecule has 0 saturated carbocycles. The Morgan fingerprint density at radius 3 is 2.03 bits per heavy atom. The molecule has 30 heavy (non-hydrogen) atoms. The van der Waals surface area contributed by atoms with Crippen LogP contribution in [0.5, 0.6) is 0 Å². The first-order valence-electron chi connectivity index (χ1n) is 9.85. The summed E-state index contributed by atoms with van der Waals surface area (Å²) in [6.07, 6.45) is 0.145. The lowest BCUT2D eigenvalue weighted by atomic mass is 9.82. The van der Waals surface area contributed by atoms with E-state index >= 15 is 0 Å². The Labute approximate surface area is 175 Å². The van der Waals surface area contributed by atoms with Crippen LogP contribution < -0.4 is 5.32 Å². The minimum Gasteiger partial charge on any atom is -0.463 e. The van der Waals surface area contributed by atoms with E-state index in [2.05, 4.69) is 5.32 Å².